The van der Waals surface area contributed by atoms with Crippen LogP contribution in [-0.2, 0) is 41.0 Å². The van der Waals surface area contributed by atoms with Crippen LogP contribution in [0.15, 0.2) is 31.3 Å². The van der Waals surface area contributed by atoms with Crippen molar-refractivity contribution in [1.29, 1.82) is 0 Å². The SMILES string of the molecule is Nc1ncnc2c1c(/C=C/C(=O)NCCNc1ncnc3nc[nH]c13)cn2[C@H]1C[C@H](O)[C@@H](CO[P+](=O)OP(=O)(O)OP(=O)(O)OO)O1. The Morgan fingerprint density at radius 1 is 1.19 bits per heavy atom. The van der Waals surface area contributed by atoms with Gasteiger partial charge in [0.15, 0.2) is 11.5 Å². The van der Waals surface area contributed by atoms with Gasteiger partial charge in [0.2, 0.25) is 5.91 Å². The highest BCUT2D eigenvalue weighted by Crippen LogP contribution is 2.63. The summed E-state index contributed by atoms with van der Waals surface area (Å²) in [4.78, 5) is 54.3. The van der Waals surface area contributed by atoms with Crippen LogP contribution in [-0.4, -0.2) is 92.4 Å². The van der Waals surface area contributed by atoms with Crippen molar-refractivity contribution in [2.24, 2.45) is 0 Å². The number of imidazole rings is 1. The number of aliphatic hydroxyl groups is 1. The average molecular weight is 719 g/mol. The van der Waals surface area contributed by atoms with Crippen LogP contribution in [0.2, 0.25) is 0 Å². The standard InChI is InChI=1S/C21H25N10O13P3/c22-18-16-11(1-2-14(33)23-3-4-24-19-17-20(27-8-25-17)29-10-28-19)6-31(21(16)30-9-26-18)15-5-12(32)13(41-15)7-40-45(35)43-47(38,39)44-46(36,37)42-34/h1-2,6,8-10,12-13,15,32H,3-5,7H2,(H7-,22,23,24,25,26,27,28,29,30,33,34,36,37,38,39)/p+1/b2-1+/t12-,13+,15+/m0/s1. The number of H-pyrrole nitrogens is 1. The first-order chi connectivity index (χ1) is 22.4. The summed E-state index contributed by atoms with van der Waals surface area (Å²) in [5, 5.41) is 24.9. The first-order valence-corrected chi connectivity index (χ1v) is 17.2. The van der Waals surface area contributed by atoms with E-state index in [1.165, 1.54) is 35.7 Å². The maximum Gasteiger partial charge on any atom is 0.708 e. The third kappa shape index (κ3) is 8.56. The quantitative estimate of drug-likeness (QED) is 0.0279. The minimum absolute atomic E-state index is 0.0175. The number of aromatic amines is 1. The number of amides is 1. The Hall–Kier alpha value is -3.82. The van der Waals surface area contributed by atoms with Gasteiger partial charge in [0.25, 0.3) is 0 Å². The molecule has 47 heavy (non-hydrogen) atoms. The largest absolute Gasteiger partial charge is 0.708 e. The van der Waals surface area contributed by atoms with E-state index in [-0.39, 0.29) is 18.8 Å². The highest BCUT2D eigenvalue weighted by Gasteiger charge is 2.46. The van der Waals surface area contributed by atoms with Gasteiger partial charge in [-0.25, -0.2) is 39.3 Å². The Labute approximate surface area is 263 Å². The van der Waals surface area contributed by atoms with Crippen molar-refractivity contribution in [3.63, 3.8) is 0 Å². The fraction of sp³-hybridized carbons (Fsp3) is 0.333. The van der Waals surface area contributed by atoms with Crippen molar-refractivity contribution in [3.8, 4) is 0 Å². The molecule has 5 heterocycles. The maximum atomic E-state index is 12.5. The number of hydrogen-bond acceptors (Lipinski definition) is 18. The lowest BCUT2D eigenvalue weighted by Crippen LogP contribution is -2.27. The number of ether oxygens (including phenoxy) is 1. The molecule has 252 valence electrons. The number of hydrogen-bond donors (Lipinski definition) is 8. The molecule has 9 N–H and O–H groups in total. The van der Waals surface area contributed by atoms with Gasteiger partial charge in [-0.3, -0.25) is 9.69 Å². The van der Waals surface area contributed by atoms with Crippen molar-refractivity contribution in [2.45, 2.75) is 24.9 Å². The lowest BCUT2D eigenvalue weighted by Gasteiger charge is -2.14. The first-order valence-electron chi connectivity index (χ1n) is 13.1. The fourth-order valence-corrected chi connectivity index (χ4v) is 7.09. The molecule has 4 aromatic heterocycles. The second-order valence-corrected chi connectivity index (χ2v) is 13.5. The topological polar surface area (TPSA) is 331 Å². The summed E-state index contributed by atoms with van der Waals surface area (Å²) in [6.45, 7) is -0.0119. The van der Waals surface area contributed by atoms with Gasteiger partial charge in [-0.05, 0) is 10.4 Å². The zero-order valence-corrected chi connectivity index (χ0v) is 26.3. The van der Waals surface area contributed by atoms with Gasteiger partial charge < -0.3 is 40.7 Å². The molecule has 0 bridgehead atoms. The van der Waals surface area contributed by atoms with E-state index in [2.05, 4.69) is 53.8 Å². The van der Waals surface area contributed by atoms with Gasteiger partial charge in [-0.2, -0.15) is 4.31 Å². The Kier molecular flexibility index (Phi) is 10.7. The molecule has 23 nitrogen and oxygen atoms in total. The number of rotatable bonds is 15. The number of nitrogen functional groups attached to an aromatic ring is 1. The van der Waals surface area contributed by atoms with E-state index < -0.39 is 54.9 Å². The summed E-state index contributed by atoms with van der Waals surface area (Å²) in [5.74, 6) is 0.226. The van der Waals surface area contributed by atoms with E-state index in [4.69, 9.17) is 25.1 Å². The van der Waals surface area contributed by atoms with E-state index in [9.17, 15) is 28.5 Å². The molecule has 1 aliphatic rings. The van der Waals surface area contributed by atoms with Crippen LogP contribution in [0.1, 0.15) is 18.2 Å². The van der Waals surface area contributed by atoms with E-state index in [0.717, 1.165) is 0 Å². The molecule has 6 atom stereocenters. The third-order valence-corrected chi connectivity index (χ3v) is 9.94. The second kappa shape index (κ2) is 14.5. The maximum absolute atomic E-state index is 12.5. The monoisotopic (exact) mass is 719 g/mol. The van der Waals surface area contributed by atoms with Crippen LogP contribution >= 0.6 is 23.9 Å². The average Bonchev–Trinajstić information content (AvgIpc) is 3.74. The Balaban J connectivity index is 1.18. The number of aliphatic hydroxyl groups excluding tert-OH is 1. The van der Waals surface area contributed by atoms with Crippen molar-refractivity contribution < 1.29 is 61.2 Å². The molecule has 0 saturated carbocycles. The van der Waals surface area contributed by atoms with E-state index in [0.29, 0.717) is 40.1 Å². The minimum atomic E-state index is -5.48. The van der Waals surface area contributed by atoms with E-state index >= 15 is 0 Å². The van der Waals surface area contributed by atoms with Gasteiger partial charge in [0.05, 0.1) is 17.8 Å². The number of aromatic nitrogens is 7. The van der Waals surface area contributed by atoms with E-state index in [1.807, 2.05) is 0 Å². The molecule has 1 amide bonds. The zero-order valence-electron chi connectivity index (χ0n) is 23.6. The number of nitrogens with two attached hydrogens (primary N) is 1. The first kappa shape index (κ1) is 34.5. The molecule has 0 radical (unpaired) electrons. The van der Waals surface area contributed by atoms with Crippen LogP contribution in [0, 0.1) is 0 Å². The molecule has 4 aromatic rings. The highest BCUT2D eigenvalue weighted by atomic mass is 31.3. The lowest BCUT2D eigenvalue weighted by atomic mass is 10.2. The molecule has 1 aliphatic heterocycles. The summed E-state index contributed by atoms with van der Waals surface area (Å²) in [7, 11) is -14.3. The van der Waals surface area contributed by atoms with Crippen molar-refractivity contribution >= 4 is 69.7 Å². The molecule has 3 unspecified atom stereocenters. The second-order valence-electron chi connectivity index (χ2n) is 9.46. The molecular formula is C21H26N10O13P3+. The Morgan fingerprint density at radius 2 is 1.98 bits per heavy atom. The van der Waals surface area contributed by atoms with Gasteiger partial charge in [-0.15, -0.1) is 9.20 Å². The predicted molar refractivity (Wildman–Crippen MR) is 158 cm³/mol. The molecule has 5 rings (SSSR count). The van der Waals surface area contributed by atoms with Gasteiger partial charge in [-0.1, -0.05) is 0 Å². The van der Waals surface area contributed by atoms with Gasteiger partial charge in [0, 0.05) is 41.9 Å². The number of nitrogens with one attached hydrogen (secondary N) is 3. The number of carbonyl (C=O) groups excluding carboxylic acids is 1. The van der Waals surface area contributed by atoms with Gasteiger partial charge in [0.1, 0.15) is 48.6 Å². The number of carbonyl (C=O) groups is 1. The van der Waals surface area contributed by atoms with Crippen LogP contribution in [0.5, 0.6) is 0 Å². The van der Waals surface area contributed by atoms with Crippen LogP contribution in [0.3, 0.4) is 0 Å². The Bertz CT molecular complexity index is 1900. The van der Waals surface area contributed by atoms with Crippen molar-refractivity contribution in [1.82, 2.24) is 39.8 Å². The lowest BCUT2D eigenvalue weighted by molar-refractivity contribution is -0.157. The smallest absolute Gasteiger partial charge is 0.390 e. The van der Waals surface area contributed by atoms with Gasteiger partial charge >= 0.3 is 23.9 Å². The summed E-state index contributed by atoms with van der Waals surface area (Å²) < 4.78 is 57.7. The summed E-state index contributed by atoms with van der Waals surface area (Å²) >= 11 is 0. The molecule has 1 saturated heterocycles. The predicted octanol–water partition coefficient (Wildman–Crippen LogP) is 0.967. The van der Waals surface area contributed by atoms with Crippen molar-refractivity contribution in [3.05, 3.63) is 36.8 Å². The van der Waals surface area contributed by atoms with E-state index in [1.54, 1.807) is 6.20 Å². The molecular weight excluding hydrogens is 693 g/mol. The number of nitrogens with zero attached hydrogens (tertiary/aromatic N) is 6. The normalized spacial score (nSPS) is 21.2. The number of phosphoric acid groups is 2. The van der Waals surface area contributed by atoms with Crippen LogP contribution < -0.4 is 16.4 Å². The molecule has 0 aliphatic carbocycles. The molecule has 1 fully saturated rings. The molecule has 0 spiro atoms. The molecule has 26 heteroatoms. The van der Waals surface area contributed by atoms with Crippen LogP contribution in [0.4, 0.5) is 11.6 Å². The summed E-state index contributed by atoms with van der Waals surface area (Å²) in [6, 6.07) is 0. The van der Waals surface area contributed by atoms with Crippen molar-refractivity contribution in [2.75, 3.05) is 30.7 Å². The summed E-state index contributed by atoms with van der Waals surface area (Å²) in [5.41, 5.74) is 8.00. The Morgan fingerprint density at radius 3 is 2.77 bits per heavy atom. The molecule has 0 aromatic carbocycles. The number of anilines is 2. The minimum Gasteiger partial charge on any atom is -0.390 e. The summed E-state index contributed by atoms with van der Waals surface area (Å²) in [6.07, 6.45) is 5.23. The fourth-order valence-electron chi connectivity index (χ4n) is 4.41. The highest BCUT2D eigenvalue weighted by molar-refractivity contribution is 7.64. The third-order valence-electron chi connectivity index (χ3n) is 6.36. The zero-order chi connectivity index (χ0) is 33.8. The number of fused-ring (bicyclic) bond motifs is 2. The van der Waals surface area contributed by atoms with Crippen LogP contribution in [0.25, 0.3) is 28.3 Å².